The average molecular weight is 807 g/mol. The zero-order valence-electron chi connectivity index (χ0n) is 23.2. The molecule has 9 N–H and O–H groups in total. The first-order valence-corrected chi connectivity index (χ1v) is 21.9. The molecule has 0 spiro atoms. The maximum atomic E-state index is 11.1. The Balaban J connectivity index is -0.000000144. The molecule has 0 aliphatic heterocycles. The molecule has 0 saturated heterocycles. The summed E-state index contributed by atoms with van der Waals surface area (Å²) in [5.74, 6) is 0. The minimum Gasteiger partial charge on any atom is -0.327 e. The minimum atomic E-state index is -5.27. The van der Waals surface area contributed by atoms with Crippen LogP contribution in [0, 0.1) is 0 Å². The number of rotatable bonds is 10. The van der Waals surface area contributed by atoms with Gasteiger partial charge in [0.05, 0.1) is 24.8 Å². The molecule has 4 atom stereocenters. The third kappa shape index (κ3) is 34.7. The SMILES string of the molecule is CC(C)P(=O)(O)O.CC(C)P(=O)(O)OP(=O)(O)O.CC(C)P(=O)(O)OP(=O)(O)OP(=O)(O)O.CC(C)[PH](C)=O.[Y]. The van der Waals surface area contributed by atoms with Crippen LogP contribution in [0.5, 0.6) is 0 Å². The first kappa shape index (κ1) is 51.8. The standard InChI is InChI=1S/C4H11OP.C3H11O9P3.C3H10O6P2.C3H9O3P.Y/c1-4(2)6(3)5;1-3(2)13(4,5)11-15(9,10)12-14(6,7)8;1-3(2)10(4,5)9-11(6,7)8;1-3(2)7(4,5)6;/h4,6H,1-3H3;3H,1-2H3,(H,4,5)(H,9,10)(H2,6,7,8);3H,1-2H3,(H,4,5)(H2,6,7,8);3H,1-2H3,(H2,4,5,6);. The van der Waals surface area contributed by atoms with Gasteiger partial charge in [0.25, 0.3) is 0 Å². The third-order valence-corrected chi connectivity index (χ3v) is 14.3. The van der Waals surface area contributed by atoms with E-state index in [0.717, 1.165) is 0 Å². The zero-order chi connectivity index (χ0) is 33.0. The topological polar surface area (TPSA) is 329 Å². The predicted octanol–water partition coefficient (Wildman–Crippen LogP) is 3.65. The van der Waals surface area contributed by atoms with Gasteiger partial charge in [0.2, 0.25) is 0 Å². The summed E-state index contributed by atoms with van der Waals surface area (Å²) in [6, 6.07) is 0. The van der Waals surface area contributed by atoms with Gasteiger partial charge in [0, 0.05) is 38.4 Å². The van der Waals surface area contributed by atoms with Gasteiger partial charge in [-0.3, -0.25) is 13.7 Å². The summed E-state index contributed by atoms with van der Waals surface area (Å²) < 4.78 is 84.1. The van der Waals surface area contributed by atoms with Gasteiger partial charge in [-0.1, -0.05) is 55.4 Å². The van der Waals surface area contributed by atoms with Crippen LogP contribution in [-0.2, 0) is 77.6 Å². The molecule has 4 unspecified atom stereocenters. The molecule has 0 aliphatic rings. The van der Waals surface area contributed by atoms with Gasteiger partial charge in [-0.15, -0.1) is 0 Å². The molecule has 27 heteroatoms. The molecule has 19 nitrogen and oxygen atoms in total. The van der Waals surface area contributed by atoms with Crippen molar-refractivity contribution in [2.75, 3.05) is 6.66 Å². The van der Waals surface area contributed by atoms with Gasteiger partial charge in [0.15, 0.2) is 0 Å². The normalized spacial score (nSPS) is 17.4. The summed E-state index contributed by atoms with van der Waals surface area (Å²) in [6.07, 6.45) is 0. The molecule has 0 rings (SSSR count). The Morgan fingerprint density at radius 2 is 0.750 bits per heavy atom. The van der Waals surface area contributed by atoms with Crippen molar-refractivity contribution in [1.29, 1.82) is 0 Å². The fraction of sp³-hybridized carbons (Fsp3) is 1.00. The molecule has 0 saturated carbocycles. The summed E-state index contributed by atoms with van der Waals surface area (Å²) in [6.45, 7) is 13.8. The molecule has 0 aliphatic carbocycles. The average Bonchev–Trinajstić information content (AvgIpc) is 2.56. The van der Waals surface area contributed by atoms with Crippen LogP contribution in [0.3, 0.4) is 0 Å². The summed E-state index contributed by atoms with van der Waals surface area (Å²) in [4.78, 5) is 75.6. The first-order valence-electron chi connectivity index (χ1n) is 10.4. The van der Waals surface area contributed by atoms with E-state index in [1.54, 1.807) is 6.66 Å². The van der Waals surface area contributed by atoms with Crippen LogP contribution in [0.2, 0.25) is 0 Å². The van der Waals surface area contributed by atoms with Crippen molar-refractivity contribution >= 4 is 54.1 Å². The minimum absolute atomic E-state index is 0. The molecule has 245 valence electrons. The van der Waals surface area contributed by atoms with Crippen LogP contribution in [0.1, 0.15) is 55.4 Å². The van der Waals surface area contributed by atoms with Crippen molar-refractivity contribution in [1.82, 2.24) is 0 Å². The van der Waals surface area contributed by atoms with Gasteiger partial charge in [-0.25, -0.2) is 22.3 Å². The molecular weight excluding hydrogens is 766 g/mol. The Hall–Kier alpha value is 2.23. The molecule has 0 aromatic heterocycles. The Kier molecular flexibility index (Phi) is 27.3. The van der Waals surface area contributed by atoms with Gasteiger partial charge in [-0.2, -0.15) is 4.31 Å². The zero-order valence-corrected chi connectivity index (χ0v) is 32.4. The quantitative estimate of drug-likeness (QED) is 0.142. The maximum Gasteiger partial charge on any atom is 0.488 e. The van der Waals surface area contributed by atoms with Crippen molar-refractivity contribution in [3.05, 3.63) is 0 Å². The second-order valence-corrected chi connectivity index (χ2v) is 22.2. The van der Waals surface area contributed by atoms with E-state index < -0.39 is 71.0 Å². The largest absolute Gasteiger partial charge is 0.488 e. The molecule has 0 fully saturated rings. The first-order chi connectivity index (χ1) is 16.6. The van der Waals surface area contributed by atoms with Gasteiger partial charge in [-0.05, 0) is 6.66 Å². The Morgan fingerprint density at radius 1 is 0.525 bits per heavy atom. The molecule has 0 aromatic rings. The van der Waals surface area contributed by atoms with E-state index in [4.69, 9.17) is 44.0 Å². The maximum absolute atomic E-state index is 11.1. The van der Waals surface area contributed by atoms with Gasteiger partial charge in [0.1, 0.15) is 0 Å². The van der Waals surface area contributed by atoms with Crippen molar-refractivity contribution < 1.29 is 122 Å². The van der Waals surface area contributed by atoms with E-state index in [9.17, 15) is 32.0 Å². The van der Waals surface area contributed by atoms with E-state index in [-0.39, 0.29) is 32.7 Å². The summed E-state index contributed by atoms with van der Waals surface area (Å²) in [5, 5.41) is 0. The van der Waals surface area contributed by atoms with Crippen LogP contribution >= 0.6 is 54.1 Å². The van der Waals surface area contributed by atoms with E-state index in [0.29, 0.717) is 5.66 Å². The second kappa shape index (κ2) is 21.1. The van der Waals surface area contributed by atoms with E-state index in [1.165, 1.54) is 41.5 Å². The van der Waals surface area contributed by atoms with Crippen molar-refractivity contribution in [3.8, 4) is 0 Å². The van der Waals surface area contributed by atoms with Crippen LogP contribution in [0.4, 0.5) is 0 Å². The van der Waals surface area contributed by atoms with E-state index >= 15 is 0 Å². The summed E-state index contributed by atoms with van der Waals surface area (Å²) in [7, 11) is -28.9. The fourth-order valence-corrected chi connectivity index (χ4v) is 6.01. The van der Waals surface area contributed by atoms with Crippen LogP contribution in [0.15, 0.2) is 0 Å². The molecule has 0 heterocycles. The van der Waals surface area contributed by atoms with E-state index in [1.807, 2.05) is 13.8 Å². The molecule has 1 radical (unpaired) electrons. The summed E-state index contributed by atoms with van der Waals surface area (Å²) >= 11 is 0. The molecule has 40 heavy (non-hydrogen) atoms. The van der Waals surface area contributed by atoms with E-state index in [2.05, 4.69) is 12.9 Å². The third-order valence-electron chi connectivity index (χ3n) is 3.44. The van der Waals surface area contributed by atoms with Gasteiger partial charge < -0.3 is 48.6 Å². The summed E-state index contributed by atoms with van der Waals surface area (Å²) in [5.41, 5.74) is -1.98. The van der Waals surface area contributed by atoms with Crippen LogP contribution in [0.25, 0.3) is 0 Å². The number of hydrogen-bond acceptors (Lipinski definition) is 10. The van der Waals surface area contributed by atoms with Gasteiger partial charge >= 0.3 is 46.3 Å². The molecule has 0 bridgehead atoms. The Labute approximate surface area is 259 Å². The predicted molar refractivity (Wildman–Crippen MR) is 144 cm³/mol. The Bertz CT molecular complexity index is 1030. The smallest absolute Gasteiger partial charge is 0.327 e. The van der Waals surface area contributed by atoms with Crippen molar-refractivity contribution in [3.63, 3.8) is 0 Å². The van der Waals surface area contributed by atoms with Crippen LogP contribution in [-0.4, -0.2) is 73.3 Å². The molecule has 0 aromatic carbocycles. The second-order valence-electron chi connectivity index (χ2n) is 8.46. The monoisotopic (exact) mass is 807 g/mol. The number of hydrogen-bond donors (Lipinski definition) is 9. The fourth-order valence-electron chi connectivity index (χ4n) is 0.638. The van der Waals surface area contributed by atoms with Crippen molar-refractivity contribution in [2.24, 2.45) is 0 Å². The van der Waals surface area contributed by atoms with Crippen molar-refractivity contribution in [2.45, 2.75) is 78.0 Å². The number of phosphoric acid groups is 3. The molecular formula is C13H41O19P7Y. The van der Waals surface area contributed by atoms with Crippen LogP contribution < -0.4 is 0 Å². The Morgan fingerprint density at radius 3 is 0.875 bits per heavy atom. The molecule has 0 amide bonds.